The molecule has 1 rings (SSSR count). The number of carboxylic acids is 1. The summed E-state index contributed by atoms with van der Waals surface area (Å²) in [5.41, 5.74) is -0.411. The first-order valence-electron chi connectivity index (χ1n) is 5.36. The summed E-state index contributed by atoms with van der Waals surface area (Å²) in [4.78, 5) is 18.1. The van der Waals surface area contributed by atoms with Crippen LogP contribution in [0, 0.1) is 5.92 Å². The van der Waals surface area contributed by atoms with E-state index in [0.29, 0.717) is 6.42 Å². The number of hydrogen-bond acceptors (Lipinski definition) is 5. The minimum atomic E-state index is -3.60. The molecule has 0 aromatic carbocycles. The van der Waals surface area contributed by atoms with Gasteiger partial charge in [0.15, 0.2) is 11.5 Å². The lowest BCUT2D eigenvalue weighted by molar-refractivity contribution is 0.0691. The van der Waals surface area contributed by atoms with Gasteiger partial charge >= 0.3 is 5.97 Å². The largest absolute Gasteiger partial charge is 0.476 e. The molecule has 18 heavy (non-hydrogen) atoms. The Balaban J connectivity index is 2.87. The predicted molar refractivity (Wildman–Crippen MR) is 65.9 cm³/mol. The number of nitrogens with one attached hydrogen (secondary N) is 1. The van der Waals surface area contributed by atoms with Crippen molar-refractivity contribution in [2.75, 3.05) is 10.5 Å². The van der Waals surface area contributed by atoms with E-state index in [1.807, 2.05) is 13.8 Å². The van der Waals surface area contributed by atoms with Crippen molar-refractivity contribution in [2.45, 2.75) is 20.3 Å². The molecule has 0 radical (unpaired) electrons. The maximum atomic E-state index is 11.7. The van der Waals surface area contributed by atoms with Gasteiger partial charge in [-0.25, -0.2) is 23.2 Å². The zero-order valence-corrected chi connectivity index (χ0v) is 10.9. The Morgan fingerprint density at radius 2 is 2.00 bits per heavy atom. The van der Waals surface area contributed by atoms with E-state index in [0.717, 1.165) is 0 Å². The first kappa shape index (κ1) is 14.4. The van der Waals surface area contributed by atoms with Gasteiger partial charge in [-0.05, 0) is 12.3 Å². The van der Waals surface area contributed by atoms with Crippen LogP contribution in [0.4, 0.5) is 5.82 Å². The van der Waals surface area contributed by atoms with Gasteiger partial charge in [-0.2, -0.15) is 0 Å². The van der Waals surface area contributed by atoms with E-state index in [1.54, 1.807) is 0 Å². The monoisotopic (exact) mass is 273 g/mol. The van der Waals surface area contributed by atoms with Crippen molar-refractivity contribution in [1.82, 2.24) is 9.97 Å². The van der Waals surface area contributed by atoms with Crippen molar-refractivity contribution in [3.8, 4) is 0 Å². The first-order chi connectivity index (χ1) is 8.32. The fourth-order valence-corrected chi connectivity index (χ4v) is 2.49. The van der Waals surface area contributed by atoms with Crippen LogP contribution in [0.2, 0.25) is 0 Å². The molecule has 0 unspecified atom stereocenters. The lowest BCUT2D eigenvalue weighted by atomic mass is 10.2. The number of nitrogens with zero attached hydrogens (tertiary/aromatic N) is 2. The van der Waals surface area contributed by atoms with Crippen molar-refractivity contribution in [2.24, 2.45) is 5.92 Å². The summed E-state index contributed by atoms with van der Waals surface area (Å²) >= 11 is 0. The van der Waals surface area contributed by atoms with Crippen LogP contribution in [-0.2, 0) is 10.0 Å². The number of carboxylic acid groups (broad SMARTS) is 1. The van der Waals surface area contributed by atoms with Gasteiger partial charge in [-0.1, -0.05) is 13.8 Å². The molecule has 1 heterocycles. The first-order valence-corrected chi connectivity index (χ1v) is 7.02. The number of anilines is 1. The van der Waals surface area contributed by atoms with Crippen molar-refractivity contribution < 1.29 is 18.3 Å². The highest BCUT2D eigenvalue weighted by Gasteiger charge is 2.18. The van der Waals surface area contributed by atoms with Gasteiger partial charge in [-0.3, -0.25) is 4.72 Å². The molecule has 8 heteroatoms. The van der Waals surface area contributed by atoms with Gasteiger partial charge in [0.25, 0.3) is 0 Å². The molecule has 0 aliphatic rings. The van der Waals surface area contributed by atoms with Crippen LogP contribution >= 0.6 is 0 Å². The van der Waals surface area contributed by atoms with Gasteiger partial charge in [0.2, 0.25) is 10.0 Å². The number of rotatable bonds is 6. The zero-order valence-electron chi connectivity index (χ0n) is 10.1. The maximum Gasteiger partial charge on any atom is 0.358 e. The van der Waals surface area contributed by atoms with Crippen LogP contribution in [0.5, 0.6) is 0 Å². The van der Waals surface area contributed by atoms with E-state index in [9.17, 15) is 13.2 Å². The highest BCUT2D eigenvalue weighted by Crippen LogP contribution is 2.12. The third-order valence-electron chi connectivity index (χ3n) is 2.12. The fraction of sp³-hybridized carbons (Fsp3) is 0.500. The third kappa shape index (κ3) is 4.28. The third-order valence-corrected chi connectivity index (χ3v) is 3.39. The fourth-order valence-electron chi connectivity index (χ4n) is 1.16. The molecule has 7 nitrogen and oxygen atoms in total. The van der Waals surface area contributed by atoms with E-state index >= 15 is 0 Å². The summed E-state index contributed by atoms with van der Waals surface area (Å²) in [6.45, 7) is 3.81. The van der Waals surface area contributed by atoms with Crippen molar-refractivity contribution in [1.29, 1.82) is 0 Å². The predicted octanol–water partition coefficient (Wildman–Crippen LogP) is 0.963. The Morgan fingerprint density at radius 3 is 2.56 bits per heavy atom. The van der Waals surface area contributed by atoms with E-state index in [4.69, 9.17) is 5.11 Å². The highest BCUT2D eigenvalue weighted by atomic mass is 32.2. The van der Waals surface area contributed by atoms with Crippen molar-refractivity contribution >= 4 is 21.8 Å². The lowest BCUT2D eigenvalue weighted by Gasteiger charge is -2.09. The molecule has 100 valence electrons. The molecule has 0 saturated carbocycles. The van der Waals surface area contributed by atoms with Gasteiger partial charge in [-0.15, -0.1) is 0 Å². The lowest BCUT2D eigenvalue weighted by Crippen LogP contribution is -2.21. The van der Waals surface area contributed by atoms with E-state index < -0.39 is 21.7 Å². The summed E-state index contributed by atoms with van der Waals surface area (Å²) in [5.74, 6) is -1.43. The Hall–Kier alpha value is -1.70. The van der Waals surface area contributed by atoms with Crippen LogP contribution in [0.15, 0.2) is 12.4 Å². The van der Waals surface area contributed by atoms with E-state index in [2.05, 4.69) is 14.7 Å². The maximum absolute atomic E-state index is 11.7. The average molecular weight is 273 g/mol. The van der Waals surface area contributed by atoms with Crippen LogP contribution in [0.1, 0.15) is 30.8 Å². The van der Waals surface area contributed by atoms with Gasteiger partial charge < -0.3 is 5.11 Å². The number of carbonyl (C=O) groups is 1. The van der Waals surface area contributed by atoms with Crippen LogP contribution < -0.4 is 4.72 Å². The second kappa shape index (κ2) is 5.76. The Morgan fingerprint density at radius 1 is 1.39 bits per heavy atom. The molecule has 0 bridgehead atoms. The minimum Gasteiger partial charge on any atom is -0.476 e. The summed E-state index contributed by atoms with van der Waals surface area (Å²) in [6.07, 6.45) is 2.90. The summed E-state index contributed by atoms with van der Waals surface area (Å²) in [7, 11) is -3.60. The number of sulfonamides is 1. The highest BCUT2D eigenvalue weighted by molar-refractivity contribution is 7.92. The number of aromatic nitrogens is 2. The second-order valence-electron chi connectivity index (χ2n) is 4.16. The van der Waals surface area contributed by atoms with E-state index in [-0.39, 0.29) is 17.5 Å². The SMILES string of the molecule is CC(C)CCS(=O)(=O)Nc1nccnc1C(=O)O. The van der Waals surface area contributed by atoms with Gasteiger partial charge in [0.05, 0.1) is 5.75 Å². The Bertz CT molecular complexity index is 528. The summed E-state index contributed by atoms with van der Waals surface area (Å²) in [6, 6.07) is 0. The second-order valence-corrected chi connectivity index (χ2v) is 6.00. The molecule has 0 amide bonds. The van der Waals surface area contributed by atoms with Crippen LogP contribution in [-0.4, -0.2) is 35.2 Å². The number of aromatic carboxylic acids is 1. The number of hydrogen-bond donors (Lipinski definition) is 2. The van der Waals surface area contributed by atoms with Crippen molar-refractivity contribution in [3.63, 3.8) is 0 Å². The molecule has 0 saturated heterocycles. The summed E-state index contributed by atoms with van der Waals surface area (Å²) in [5, 5.41) is 8.84. The van der Waals surface area contributed by atoms with E-state index in [1.165, 1.54) is 12.4 Å². The minimum absolute atomic E-state index is 0.0830. The topological polar surface area (TPSA) is 109 Å². The van der Waals surface area contributed by atoms with Crippen LogP contribution in [0.3, 0.4) is 0 Å². The molecule has 1 aromatic rings. The quantitative estimate of drug-likeness (QED) is 0.799. The molecular formula is C10H15N3O4S. The van der Waals surface area contributed by atoms with Crippen LogP contribution in [0.25, 0.3) is 0 Å². The smallest absolute Gasteiger partial charge is 0.358 e. The average Bonchev–Trinajstić information content (AvgIpc) is 2.26. The normalized spacial score (nSPS) is 11.5. The molecule has 0 spiro atoms. The van der Waals surface area contributed by atoms with Gasteiger partial charge in [0.1, 0.15) is 0 Å². The standard InChI is InChI=1S/C10H15N3O4S/c1-7(2)3-6-18(16,17)13-9-8(10(14)15)11-4-5-12-9/h4-5,7H,3,6H2,1-2H3,(H,12,13)(H,14,15). The summed E-state index contributed by atoms with van der Waals surface area (Å²) < 4.78 is 25.6. The molecule has 1 aromatic heterocycles. The van der Waals surface area contributed by atoms with Gasteiger partial charge in [0, 0.05) is 12.4 Å². The molecule has 0 aliphatic carbocycles. The Labute approximate surface area is 105 Å². The zero-order chi connectivity index (χ0) is 13.8. The molecule has 0 fully saturated rings. The molecule has 0 aliphatic heterocycles. The Kier molecular flexibility index (Phi) is 4.60. The van der Waals surface area contributed by atoms with Crippen molar-refractivity contribution in [3.05, 3.63) is 18.1 Å². The molecule has 0 atom stereocenters. The molecular weight excluding hydrogens is 258 g/mol. The molecule has 2 N–H and O–H groups in total.